The second-order valence-corrected chi connectivity index (χ2v) is 6.65. The van der Waals surface area contributed by atoms with Crippen LogP contribution in [0.4, 0.5) is 0 Å². The van der Waals surface area contributed by atoms with Gasteiger partial charge in [0.2, 0.25) is 11.8 Å². The third-order valence-corrected chi connectivity index (χ3v) is 4.67. The van der Waals surface area contributed by atoms with Crippen molar-refractivity contribution in [1.82, 2.24) is 5.32 Å². The second kappa shape index (κ2) is 9.15. The summed E-state index contributed by atoms with van der Waals surface area (Å²) in [6.45, 7) is 3.82. The van der Waals surface area contributed by atoms with E-state index in [1.165, 1.54) is 0 Å². The van der Waals surface area contributed by atoms with Crippen molar-refractivity contribution < 1.29 is 9.59 Å². The molecular formula is C21H27N3O2. The summed E-state index contributed by atoms with van der Waals surface area (Å²) in [5.41, 5.74) is 14.6. The minimum absolute atomic E-state index is 0.0335. The van der Waals surface area contributed by atoms with Crippen LogP contribution in [-0.4, -0.2) is 23.9 Å². The lowest BCUT2D eigenvalue weighted by Crippen LogP contribution is -2.53. The van der Waals surface area contributed by atoms with Crippen LogP contribution in [0.25, 0.3) is 11.1 Å². The average molecular weight is 353 g/mol. The molecule has 3 atom stereocenters. The van der Waals surface area contributed by atoms with Crippen LogP contribution in [0.1, 0.15) is 25.8 Å². The van der Waals surface area contributed by atoms with Crippen LogP contribution < -0.4 is 16.8 Å². The van der Waals surface area contributed by atoms with Crippen LogP contribution >= 0.6 is 0 Å². The van der Waals surface area contributed by atoms with E-state index in [1.54, 1.807) is 0 Å². The maximum absolute atomic E-state index is 12.3. The fourth-order valence-electron chi connectivity index (χ4n) is 2.80. The van der Waals surface area contributed by atoms with Crippen molar-refractivity contribution in [2.75, 3.05) is 0 Å². The number of rotatable bonds is 8. The number of carbonyl (C=O) groups is 2. The highest BCUT2D eigenvalue weighted by atomic mass is 16.2. The van der Waals surface area contributed by atoms with Gasteiger partial charge in [0, 0.05) is 0 Å². The van der Waals surface area contributed by atoms with Crippen molar-refractivity contribution >= 4 is 11.8 Å². The summed E-state index contributed by atoms with van der Waals surface area (Å²) in [4.78, 5) is 23.9. The molecule has 0 spiro atoms. The Morgan fingerprint density at radius 3 is 2.12 bits per heavy atom. The van der Waals surface area contributed by atoms with Crippen LogP contribution in [0, 0.1) is 5.92 Å². The zero-order chi connectivity index (χ0) is 19.1. The molecule has 5 N–H and O–H groups in total. The summed E-state index contributed by atoms with van der Waals surface area (Å²) in [5.74, 6) is -0.929. The van der Waals surface area contributed by atoms with E-state index in [-0.39, 0.29) is 11.8 Å². The van der Waals surface area contributed by atoms with Gasteiger partial charge in [-0.15, -0.1) is 0 Å². The molecular weight excluding hydrogens is 326 g/mol. The Morgan fingerprint density at radius 1 is 1.00 bits per heavy atom. The average Bonchev–Trinajstić information content (AvgIpc) is 2.66. The zero-order valence-electron chi connectivity index (χ0n) is 15.3. The van der Waals surface area contributed by atoms with Crippen LogP contribution in [0.5, 0.6) is 0 Å². The van der Waals surface area contributed by atoms with Crippen molar-refractivity contribution in [2.24, 2.45) is 17.4 Å². The second-order valence-electron chi connectivity index (χ2n) is 6.65. The lowest BCUT2D eigenvalue weighted by Gasteiger charge is -2.23. The van der Waals surface area contributed by atoms with Gasteiger partial charge in [0.1, 0.15) is 6.04 Å². The van der Waals surface area contributed by atoms with Gasteiger partial charge in [0.05, 0.1) is 6.04 Å². The highest BCUT2D eigenvalue weighted by Crippen LogP contribution is 2.19. The van der Waals surface area contributed by atoms with Gasteiger partial charge in [-0.2, -0.15) is 0 Å². The number of nitrogens with one attached hydrogen (secondary N) is 1. The minimum atomic E-state index is -0.733. The molecule has 0 fully saturated rings. The summed E-state index contributed by atoms with van der Waals surface area (Å²) in [7, 11) is 0. The number of hydrogen-bond acceptors (Lipinski definition) is 3. The molecule has 0 heterocycles. The number of carbonyl (C=O) groups excluding carboxylic acids is 2. The van der Waals surface area contributed by atoms with Crippen LogP contribution in [-0.2, 0) is 16.0 Å². The normalized spacial score (nSPS) is 14.3. The molecule has 26 heavy (non-hydrogen) atoms. The summed E-state index contributed by atoms with van der Waals surface area (Å²) >= 11 is 0. The van der Waals surface area contributed by atoms with Crippen molar-refractivity contribution in [1.29, 1.82) is 0 Å². The maximum atomic E-state index is 12.3. The molecule has 0 bridgehead atoms. The molecule has 2 rings (SSSR count). The summed E-state index contributed by atoms with van der Waals surface area (Å²) in [6.07, 6.45) is 1.14. The Labute approximate surface area is 154 Å². The molecule has 2 aromatic carbocycles. The quantitative estimate of drug-likeness (QED) is 0.679. The van der Waals surface area contributed by atoms with E-state index >= 15 is 0 Å². The van der Waals surface area contributed by atoms with Crippen LogP contribution in [0.2, 0.25) is 0 Å². The summed E-state index contributed by atoms with van der Waals surface area (Å²) < 4.78 is 0. The van der Waals surface area contributed by atoms with E-state index in [1.807, 2.05) is 68.4 Å². The molecule has 0 saturated carbocycles. The molecule has 5 nitrogen and oxygen atoms in total. The molecule has 5 heteroatoms. The standard InChI is InChI=1S/C21H27N3O2/c1-3-14(2)19(20(23)25)24-21(26)18(22)13-15-9-11-17(12-10-15)16-7-5-4-6-8-16/h4-12,14,18-19H,3,13,22H2,1-2H3,(H2,23,25)(H,24,26)/t14-,18?,19-/m0/s1. The molecule has 0 aliphatic rings. The topological polar surface area (TPSA) is 98.2 Å². The van der Waals surface area contributed by atoms with Crippen molar-refractivity contribution in [3.05, 3.63) is 60.2 Å². The number of nitrogens with two attached hydrogens (primary N) is 2. The Hall–Kier alpha value is -2.66. The predicted octanol–water partition coefficient (Wildman–Crippen LogP) is 2.24. The van der Waals surface area contributed by atoms with Gasteiger partial charge in [0.25, 0.3) is 0 Å². The van der Waals surface area contributed by atoms with Gasteiger partial charge in [-0.25, -0.2) is 0 Å². The van der Waals surface area contributed by atoms with Crippen LogP contribution in [0.15, 0.2) is 54.6 Å². The first-order valence-corrected chi connectivity index (χ1v) is 8.92. The zero-order valence-corrected chi connectivity index (χ0v) is 15.3. The van der Waals surface area contributed by atoms with Crippen LogP contribution in [0.3, 0.4) is 0 Å². The van der Waals surface area contributed by atoms with Crippen molar-refractivity contribution in [3.8, 4) is 11.1 Å². The fourth-order valence-corrected chi connectivity index (χ4v) is 2.80. The SMILES string of the molecule is CC[C@H](C)[C@H](NC(=O)C(N)Cc1ccc(-c2ccccc2)cc1)C(N)=O. The first kappa shape index (κ1) is 19.7. The van der Waals surface area contributed by atoms with Gasteiger partial charge in [-0.3, -0.25) is 9.59 Å². The van der Waals surface area contributed by atoms with Gasteiger partial charge in [-0.05, 0) is 29.0 Å². The molecule has 2 amide bonds. The van der Waals surface area contributed by atoms with Gasteiger partial charge < -0.3 is 16.8 Å². The highest BCUT2D eigenvalue weighted by Gasteiger charge is 2.26. The Kier molecular flexibility index (Phi) is 6.92. The Morgan fingerprint density at radius 2 is 1.58 bits per heavy atom. The van der Waals surface area contributed by atoms with E-state index < -0.39 is 18.0 Å². The Balaban J connectivity index is 1.99. The molecule has 138 valence electrons. The van der Waals surface area contributed by atoms with E-state index in [2.05, 4.69) is 5.32 Å². The van der Waals surface area contributed by atoms with Gasteiger partial charge in [0.15, 0.2) is 0 Å². The smallest absolute Gasteiger partial charge is 0.240 e. The molecule has 0 saturated heterocycles. The Bertz CT molecular complexity index is 729. The molecule has 0 aliphatic heterocycles. The molecule has 0 aromatic heterocycles. The summed E-state index contributed by atoms with van der Waals surface area (Å²) in [5, 5.41) is 2.69. The monoisotopic (exact) mass is 353 g/mol. The number of hydrogen-bond donors (Lipinski definition) is 3. The van der Waals surface area contributed by atoms with E-state index in [0.29, 0.717) is 6.42 Å². The lowest BCUT2D eigenvalue weighted by atomic mass is 9.97. The van der Waals surface area contributed by atoms with Gasteiger partial charge in [-0.1, -0.05) is 74.9 Å². The first-order chi connectivity index (χ1) is 12.4. The third kappa shape index (κ3) is 5.17. The predicted molar refractivity (Wildman–Crippen MR) is 104 cm³/mol. The van der Waals surface area contributed by atoms with Gasteiger partial charge >= 0.3 is 0 Å². The molecule has 1 unspecified atom stereocenters. The lowest BCUT2D eigenvalue weighted by molar-refractivity contribution is -0.129. The highest BCUT2D eigenvalue weighted by molar-refractivity contribution is 5.89. The molecule has 0 radical (unpaired) electrons. The molecule has 2 aromatic rings. The van der Waals surface area contributed by atoms with Crippen molar-refractivity contribution in [2.45, 2.75) is 38.8 Å². The van der Waals surface area contributed by atoms with E-state index in [0.717, 1.165) is 23.1 Å². The maximum Gasteiger partial charge on any atom is 0.240 e. The fraction of sp³-hybridized carbons (Fsp3) is 0.333. The first-order valence-electron chi connectivity index (χ1n) is 8.92. The van der Waals surface area contributed by atoms with E-state index in [9.17, 15) is 9.59 Å². The van der Waals surface area contributed by atoms with E-state index in [4.69, 9.17) is 11.5 Å². The summed E-state index contributed by atoms with van der Waals surface area (Å²) in [6, 6.07) is 16.6. The number of benzene rings is 2. The number of amides is 2. The molecule has 0 aliphatic carbocycles. The largest absolute Gasteiger partial charge is 0.368 e. The minimum Gasteiger partial charge on any atom is -0.368 e. The van der Waals surface area contributed by atoms with Crippen molar-refractivity contribution in [3.63, 3.8) is 0 Å². The third-order valence-electron chi connectivity index (χ3n) is 4.67. The number of primary amides is 1.